The van der Waals surface area contributed by atoms with Gasteiger partial charge in [-0.1, -0.05) is 13.3 Å². The molecule has 0 amide bonds. The second-order valence-electron chi connectivity index (χ2n) is 7.72. The Hall–Kier alpha value is -0.280. The van der Waals surface area contributed by atoms with E-state index in [4.69, 9.17) is 28.4 Å². The summed E-state index contributed by atoms with van der Waals surface area (Å²) >= 11 is 0. The van der Waals surface area contributed by atoms with Gasteiger partial charge < -0.3 is 33.5 Å². The SMILES string of the molecule is CCCCOC[C@]12OC(C)(C)O[C@H]1[C@@H]([C@H]1COC(C)(C)O1)OC2O. The minimum atomic E-state index is -1.14. The van der Waals surface area contributed by atoms with Gasteiger partial charge in [-0.05, 0) is 34.1 Å². The fraction of sp³-hybridized carbons (Fsp3) is 1.00. The number of aliphatic hydroxyl groups excluding tert-OH is 1. The van der Waals surface area contributed by atoms with Crippen molar-refractivity contribution in [1.82, 2.24) is 0 Å². The summed E-state index contributed by atoms with van der Waals surface area (Å²) in [4.78, 5) is 0. The molecule has 7 nitrogen and oxygen atoms in total. The van der Waals surface area contributed by atoms with Crippen molar-refractivity contribution in [2.75, 3.05) is 19.8 Å². The number of hydrogen-bond acceptors (Lipinski definition) is 7. The third-order valence-electron chi connectivity index (χ3n) is 4.70. The van der Waals surface area contributed by atoms with Crippen LogP contribution in [-0.2, 0) is 28.4 Å². The first kappa shape index (κ1) is 18.5. The van der Waals surface area contributed by atoms with Gasteiger partial charge >= 0.3 is 0 Å². The van der Waals surface area contributed by atoms with Crippen molar-refractivity contribution >= 4 is 0 Å². The molecule has 0 spiro atoms. The van der Waals surface area contributed by atoms with Crippen LogP contribution < -0.4 is 0 Å². The summed E-state index contributed by atoms with van der Waals surface area (Å²) in [6, 6.07) is 0. The fourth-order valence-corrected chi connectivity index (χ4v) is 3.64. The average Bonchev–Trinajstić information content (AvgIpc) is 3.05. The lowest BCUT2D eigenvalue weighted by Crippen LogP contribution is -2.52. The standard InChI is InChI=1S/C17H30O7/c1-6-7-8-19-10-17-13(23-16(4,5)24-17)12(21-14(17)18)11-9-20-15(2,3)22-11/h11-14,18H,6-10H2,1-5H3/t11-,12-,13+,14?,17+/m1/s1. The minimum Gasteiger partial charge on any atom is -0.378 e. The zero-order valence-electron chi connectivity index (χ0n) is 15.2. The molecule has 0 bridgehead atoms. The van der Waals surface area contributed by atoms with Crippen LogP contribution in [0.5, 0.6) is 0 Å². The summed E-state index contributed by atoms with van der Waals surface area (Å²) < 4.78 is 35.2. The van der Waals surface area contributed by atoms with Crippen molar-refractivity contribution in [3.05, 3.63) is 0 Å². The van der Waals surface area contributed by atoms with Gasteiger partial charge in [-0.3, -0.25) is 0 Å². The molecule has 140 valence electrons. The molecule has 3 fully saturated rings. The molecular weight excluding hydrogens is 316 g/mol. The molecule has 3 heterocycles. The maximum atomic E-state index is 10.6. The average molecular weight is 346 g/mol. The number of unbranched alkanes of at least 4 members (excludes halogenated alkanes) is 1. The van der Waals surface area contributed by atoms with Gasteiger partial charge in [-0.25, -0.2) is 0 Å². The lowest BCUT2D eigenvalue weighted by molar-refractivity contribution is -0.263. The largest absolute Gasteiger partial charge is 0.378 e. The van der Waals surface area contributed by atoms with Crippen molar-refractivity contribution in [2.45, 2.75) is 89.2 Å². The van der Waals surface area contributed by atoms with E-state index in [-0.39, 0.29) is 12.7 Å². The van der Waals surface area contributed by atoms with Crippen LogP contribution in [0.1, 0.15) is 47.5 Å². The molecule has 0 radical (unpaired) electrons. The van der Waals surface area contributed by atoms with E-state index in [2.05, 4.69) is 6.92 Å². The molecule has 3 aliphatic heterocycles. The molecular formula is C17H30O7. The van der Waals surface area contributed by atoms with Crippen molar-refractivity contribution < 1.29 is 33.5 Å². The normalized spacial score (nSPS) is 43.2. The van der Waals surface area contributed by atoms with Crippen molar-refractivity contribution in [3.8, 4) is 0 Å². The number of ether oxygens (including phenoxy) is 6. The quantitative estimate of drug-likeness (QED) is 0.732. The van der Waals surface area contributed by atoms with Crippen LogP contribution in [0.3, 0.4) is 0 Å². The molecule has 0 aromatic rings. The second kappa shape index (κ2) is 6.46. The van der Waals surface area contributed by atoms with Crippen LogP contribution in [-0.4, -0.2) is 66.7 Å². The second-order valence-corrected chi connectivity index (χ2v) is 7.72. The maximum absolute atomic E-state index is 10.6. The van der Waals surface area contributed by atoms with Crippen molar-refractivity contribution in [2.24, 2.45) is 0 Å². The summed E-state index contributed by atoms with van der Waals surface area (Å²) in [5.74, 6) is -1.49. The van der Waals surface area contributed by atoms with Crippen LogP contribution in [0.15, 0.2) is 0 Å². The smallest absolute Gasteiger partial charge is 0.189 e. The highest BCUT2D eigenvalue weighted by Crippen LogP contribution is 2.48. The highest BCUT2D eigenvalue weighted by molar-refractivity contribution is 5.09. The van der Waals surface area contributed by atoms with Gasteiger partial charge in [0.15, 0.2) is 23.5 Å². The molecule has 3 aliphatic rings. The molecule has 1 unspecified atom stereocenters. The van der Waals surface area contributed by atoms with Gasteiger partial charge in [0.1, 0.15) is 18.3 Å². The monoisotopic (exact) mass is 346 g/mol. The van der Waals surface area contributed by atoms with E-state index in [0.717, 1.165) is 12.8 Å². The van der Waals surface area contributed by atoms with Gasteiger partial charge in [0, 0.05) is 6.61 Å². The zero-order valence-corrected chi connectivity index (χ0v) is 15.2. The Morgan fingerprint density at radius 2 is 1.88 bits per heavy atom. The number of rotatable bonds is 6. The summed E-state index contributed by atoms with van der Waals surface area (Å²) in [6.45, 7) is 10.7. The van der Waals surface area contributed by atoms with E-state index in [1.807, 2.05) is 27.7 Å². The molecule has 3 saturated heterocycles. The first-order valence-electron chi connectivity index (χ1n) is 8.80. The zero-order chi connectivity index (χ0) is 17.6. The fourth-order valence-electron chi connectivity index (χ4n) is 3.64. The van der Waals surface area contributed by atoms with Crippen LogP contribution in [0.2, 0.25) is 0 Å². The highest BCUT2D eigenvalue weighted by atomic mass is 16.8. The maximum Gasteiger partial charge on any atom is 0.189 e. The van der Waals surface area contributed by atoms with Gasteiger partial charge in [0.05, 0.1) is 13.2 Å². The highest BCUT2D eigenvalue weighted by Gasteiger charge is 2.68. The minimum absolute atomic E-state index is 0.218. The van der Waals surface area contributed by atoms with Crippen LogP contribution in [0.25, 0.3) is 0 Å². The van der Waals surface area contributed by atoms with E-state index >= 15 is 0 Å². The third-order valence-corrected chi connectivity index (χ3v) is 4.70. The summed E-state index contributed by atoms with van der Waals surface area (Å²) in [5.41, 5.74) is -1.04. The third kappa shape index (κ3) is 3.35. The molecule has 7 heteroatoms. The Morgan fingerprint density at radius 1 is 1.12 bits per heavy atom. The molecule has 0 saturated carbocycles. The Kier molecular flexibility index (Phi) is 4.99. The summed E-state index contributed by atoms with van der Waals surface area (Å²) in [6.07, 6.45) is -0.412. The lowest BCUT2D eigenvalue weighted by Gasteiger charge is -2.29. The number of aliphatic hydroxyl groups is 1. The Labute approximate surface area is 143 Å². The van der Waals surface area contributed by atoms with E-state index in [1.54, 1.807) is 0 Å². The Bertz CT molecular complexity index is 452. The molecule has 0 aliphatic carbocycles. The van der Waals surface area contributed by atoms with Crippen molar-refractivity contribution in [1.29, 1.82) is 0 Å². The Balaban J connectivity index is 1.76. The first-order chi connectivity index (χ1) is 11.2. The van der Waals surface area contributed by atoms with Crippen LogP contribution in [0.4, 0.5) is 0 Å². The van der Waals surface area contributed by atoms with Crippen LogP contribution >= 0.6 is 0 Å². The number of hydrogen-bond donors (Lipinski definition) is 1. The van der Waals surface area contributed by atoms with Crippen molar-refractivity contribution in [3.63, 3.8) is 0 Å². The van der Waals surface area contributed by atoms with Crippen LogP contribution in [0, 0.1) is 0 Å². The summed E-state index contributed by atoms with van der Waals surface area (Å²) in [5, 5.41) is 10.6. The predicted molar refractivity (Wildman–Crippen MR) is 84.3 cm³/mol. The molecule has 0 aromatic carbocycles. The van der Waals surface area contributed by atoms with Gasteiger partial charge in [0.25, 0.3) is 0 Å². The summed E-state index contributed by atoms with van der Waals surface area (Å²) in [7, 11) is 0. The number of fused-ring (bicyclic) bond motifs is 1. The molecule has 24 heavy (non-hydrogen) atoms. The Morgan fingerprint density at radius 3 is 2.50 bits per heavy atom. The van der Waals surface area contributed by atoms with Gasteiger partial charge in [-0.2, -0.15) is 0 Å². The van der Waals surface area contributed by atoms with E-state index in [9.17, 15) is 5.11 Å². The van der Waals surface area contributed by atoms with E-state index in [1.165, 1.54) is 0 Å². The van der Waals surface area contributed by atoms with E-state index < -0.39 is 35.7 Å². The molecule has 1 N–H and O–H groups in total. The van der Waals surface area contributed by atoms with E-state index in [0.29, 0.717) is 13.2 Å². The lowest BCUT2D eigenvalue weighted by atomic mass is 9.94. The predicted octanol–water partition coefficient (Wildman–Crippen LogP) is 1.56. The molecule has 0 aromatic heterocycles. The molecule has 3 rings (SSSR count). The first-order valence-corrected chi connectivity index (χ1v) is 8.80. The molecule has 5 atom stereocenters. The van der Waals surface area contributed by atoms with Gasteiger partial charge in [0.2, 0.25) is 0 Å². The topological polar surface area (TPSA) is 75.6 Å². The van der Waals surface area contributed by atoms with Gasteiger partial charge in [-0.15, -0.1) is 0 Å².